The smallest absolute Gasteiger partial charge is 0.0592 e. The van der Waals surface area contributed by atoms with Crippen LogP contribution in [0.1, 0.15) is 6.92 Å². The number of nitrogens with zero attached hydrogens (tertiary/aromatic N) is 2. The Morgan fingerprint density at radius 2 is 2.36 bits per heavy atom. The van der Waals surface area contributed by atoms with Gasteiger partial charge in [-0.05, 0) is 27.9 Å². The second-order valence-electron chi connectivity index (χ2n) is 3.87. The molecule has 2 unspecified atom stereocenters. The number of aromatic nitrogens is 1. The molecule has 2 rings (SSSR count). The number of hydrogen-bond acceptors (Lipinski definition) is 3. The number of rotatable bonds is 1. The highest BCUT2D eigenvalue weighted by atomic mass is 79.9. The zero-order chi connectivity index (χ0) is 10.1. The first-order valence-electron chi connectivity index (χ1n) is 4.78. The predicted octanol–water partition coefficient (Wildman–Crippen LogP) is 1.63. The maximum Gasteiger partial charge on any atom is 0.0592 e. The Labute approximate surface area is 92.4 Å². The van der Waals surface area contributed by atoms with Crippen molar-refractivity contribution in [2.24, 2.45) is 11.7 Å². The quantitative estimate of drug-likeness (QED) is 0.830. The summed E-state index contributed by atoms with van der Waals surface area (Å²) in [6, 6.07) is 2.31. The molecule has 2 N–H and O–H groups in total. The van der Waals surface area contributed by atoms with Crippen molar-refractivity contribution in [2.75, 3.05) is 18.0 Å². The highest BCUT2D eigenvalue weighted by Gasteiger charge is 2.27. The zero-order valence-electron chi connectivity index (χ0n) is 8.15. The van der Waals surface area contributed by atoms with E-state index in [2.05, 4.69) is 32.7 Å². The fraction of sp³-hybridized carbons (Fsp3) is 0.500. The topological polar surface area (TPSA) is 42.2 Å². The molecular formula is C10H14BrN3. The van der Waals surface area contributed by atoms with E-state index >= 15 is 0 Å². The van der Waals surface area contributed by atoms with Gasteiger partial charge in [-0.3, -0.25) is 4.98 Å². The normalized spacial score (nSPS) is 26.9. The molecule has 0 amide bonds. The summed E-state index contributed by atoms with van der Waals surface area (Å²) in [4.78, 5) is 6.36. The first-order chi connectivity index (χ1) is 6.68. The monoisotopic (exact) mass is 255 g/mol. The third-order valence-corrected chi connectivity index (χ3v) is 3.37. The van der Waals surface area contributed by atoms with Crippen LogP contribution in [0.5, 0.6) is 0 Å². The van der Waals surface area contributed by atoms with Crippen molar-refractivity contribution < 1.29 is 0 Å². The molecule has 0 radical (unpaired) electrons. The van der Waals surface area contributed by atoms with Gasteiger partial charge >= 0.3 is 0 Å². The van der Waals surface area contributed by atoms with Crippen molar-refractivity contribution in [3.63, 3.8) is 0 Å². The van der Waals surface area contributed by atoms with Crippen molar-refractivity contribution in [3.8, 4) is 0 Å². The van der Waals surface area contributed by atoms with Gasteiger partial charge in [-0.15, -0.1) is 0 Å². The van der Waals surface area contributed by atoms with Crippen LogP contribution in [0.2, 0.25) is 0 Å². The van der Waals surface area contributed by atoms with Crippen LogP contribution in [0.15, 0.2) is 22.9 Å². The summed E-state index contributed by atoms with van der Waals surface area (Å²) in [5, 5.41) is 0. The lowest BCUT2D eigenvalue weighted by atomic mass is 10.1. The molecule has 0 bridgehead atoms. The second-order valence-corrected chi connectivity index (χ2v) is 4.73. The van der Waals surface area contributed by atoms with E-state index in [-0.39, 0.29) is 6.04 Å². The van der Waals surface area contributed by atoms with Gasteiger partial charge in [0, 0.05) is 31.5 Å². The summed E-state index contributed by atoms with van der Waals surface area (Å²) in [6.45, 7) is 4.16. The molecule has 14 heavy (non-hydrogen) atoms. The van der Waals surface area contributed by atoms with Gasteiger partial charge in [-0.1, -0.05) is 6.92 Å². The first-order valence-corrected chi connectivity index (χ1v) is 5.58. The van der Waals surface area contributed by atoms with Crippen molar-refractivity contribution in [3.05, 3.63) is 22.9 Å². The zero-order valence-corrected chi connectivity index (χ0v) is 9.74. The van der Waals surface area contributed by atoms with E-state index in [1.165, 1.54) is 5.69 Å². The Morgan fingerprint density at radius 3 is 2.93 bits per heavy atom. The van der Waals surface area contributed by atoms with Crippen LogP contribution < -0.4 is 10.6 Å². The molecule has 1 aromatic rings. The Hall–Kier alpha value is -0.610. The van der Waals surface area contributed by atoms with Crippen LogP contribution >= 0.6 is 15.9 Å². The van der Waals surface area contributed by atoms with Gasteiger partial charge in [-0.2, -0.15) is 0 Å². The Morgan fingerprint density at radius 1 is 1.57 bits per heavy atom. The maximum atomic E-state index is 5.98. The molecule has 0 saturated carbocycles. The standard InChI is InChI=1S/C10H14BrN3/c1-7-5-14(6-9(7)12)10-2-3-13-4-8(10)11/h2-4,7,9H,5-6,12H2,1H3. The molecule has 4 heteroatoms. The molecule has 1 aliphatic rings. The van der Waals surface area contributed by atoms with Gasteiger partial charge in [0.1, 0.15) is 0 Å². The van der Waals surface area contributed by atoms with E-state index in [1.54, 1.807) is 0 Å². The number of pyridine rings is 1. The van der Waals surface area contributed by atoms with Crippen molar-refractivity contribution in [2.45, 2.75) is 13.0 Å². The molecule has 3 nitrogen and oxygen atoms in total. The van der Waals surface area contributed by atoms with Crippen LogP contribution in [0.3, 0.4) is 0 Å². The minimum Gasteiger partial charge on any atom is -0.369 e. The summed E-state index contributed by atoms with van der Waals surface area (Å²) in [6.07, 6.45) is 3.64. The van der Waals surface area contributed by atoms with E-state index in [0.29, 0.717) is 5.92 Å². The van der Waals surface area contributed by atoms with Crippen molar-refractivity contribution in [1.29, 1.82) is 0 Å². The van der Waals surface area contributed by atoms with E-state index in [9.17, 15) is 0 Å². The lowest BCUT2D eigenvalue weighted by Crippen LogP contribution is -2.28. The molecule has 2 atom stereocenters. The molecule has 0 spiro atoms. The Balaban J connectivity index is 2.21. The van der Waals surface area contributed by atoms with Crippen LogP contribution in [0.25, 0.3) is 0 Å². The minimum atomic E-state index is 0.287. The van der Waals surface area contributed by atoms with Crippen molar-refractivity contribution in [1.82, 2.24) is 4.98 Å². The molecule has 1 fully saturated rings. The largest absolute Gasteiger partial charge is 0.369 e. The Bertz CT molecular complexity index is 319. The predicted molar refractivity (Wildman–Crippen MR) is 61.3 cm³/mol. The highest BCUT2D eigenvalue weighted by Crippen LogP contribution is 2.29. The molecule has 0 aromatic carbocycles. The van der Waals surface area contributed by atoms with Gasteiger partial charge in [0.25, 0.3) is 0 Å². The van der Waals surface area contributed by atoms with Gasteiger partial charge in [0.15, 0.2) is 0 Å². The highest BCUT2D eigenvalue weighted by molar-refractivity contribution is 9.10. The molecular weight excluding hydrogens is 242 g/mol. The van der Waals surface area contributed by atoms with Gasteiger partial charge < -0.3 is 10.6 Å². The van der Waals surface area contributed by atoms with E-state index in [0.717, 1.165) is 17.6 Å². The minimum absolute atomic E-state index is 0.287. The van der Waals surface area contributed by atoms with Gasteiger partial charge in [-0.25, -0.2) is 0 Å². The SMILES string of the molecule is CC1CN(c2ccncc2Br)CC1N. The maximum absolute atomic E-state index is 5.98. The summed E-state index contributed by atoms with van der Waals surface area (Å²) < 4.78 is 1.04. The Kier molecular flexibility index (Phi) is 2.74. The number of nitrogens with two attached hydrogens (primary N) is 1. The summed E-state index contributed by atoms with van der Waals surface area (Å²) in [5.74, 6) is 0.565. The number of hydrogen-bond donors (Lipinski definition) is 1. The van der Waals surface area contributed by atoms with Gasteiger partial charge in [0.05, 0.1) is 10.2 Å². The third-order valence-electron chi connectivity index (χ3n) is 2.76. The lowest BCUT2D eigenvalue weighted by molar-refractivity contribution is 0.566. The molecule has 76 valence electrons. The average Bonchev–Trinajstić information content (AvgIpc) is 2.48. The summed E-state index contributed by atoms with van der Waals surface area (Å²) >= 11 is 3.50. The van der Waals surface area contributed by atoms with Crippen LogP contribution in [0.4, 0.5) is 5.69 Å². The lowest BCUT2D eigenvalue weighted by Gasteiger charge is -2.19. The third kappa shape index (κ3) is 1.77. The van der Waals surface area contributed by atoms with Crippen LogP contribution in [0, 0.1) is 5.92 Å². The summed E-state index contributed by atoms with van der Waals surface area (Å²) in [5.41, 5.74) is 7.18. The fourth-order valence-electron chi connectivity index (χ4n) is 1.81. The molecule has 0 aliphatic carbocycles. The van der Waals surface area contributed by atoms with Crippen molar-refractivity contribution >= 4 is 21.6 Å². The van der Waals surface area contributed by atoms with Crippen LogP contribution in [-0.2, 0) is 0 Å². The fourth-order valence-corrected chi connectivity index (χ4v) is 2.31. The van der Waals surface area contributed by atoms with Crippen LogP contribution in [-0.4, -0.2) is 24.1 Å². The number of anilines is 1. The van der Waals surface area contributed by atoms with Gasteiger partial charge in [0.2, 0.25) is 0 Å². The number of halogens is 1. The van der Waals surface area contributed by atoms with E-state index < -0.39 is 0 Å². The molecule has 2 heterocycles. The van der Waals surface area contributed by atoms with E-state index in [4.69, 9.17) is 5.73 Å². The second kappa shape index (κ2) is 3.87. The molecule has 1 saturated heterocycles. The van der Waals surface area contributed by atoms with E-state index in [1.807, 2.05) is 18.5 Å². The molecule has 1 aromatic heterocycles. The summed E-state index contributed by atoms with van der Waals surface area (Å²) in [7, 11) is 0. The average molecular weight is 256 g/mol. The first kappa shape index (κ1) is 9.93. The molecule has 1 aliphatic heterocycles.